The molecule has 0 aliphatic carbocycles. The molecule has 2 rings (SSSR count). The van der Waals surface area contributed by atoms with Gasteiger partial charge in [-0.1, -0.05) is 11.6 Å². The standard InChI is InChI=1S/C8H9ClN4S2/c1-13(8-11-7(10)12-15-8)4-5-2-3-6(9)14-5/h2-3H,4H2,1H3,(H2,10,12). The first kappa shape index (κ1) is 10.7. The maximum atomic E-state index is 5.85. The number of nitrogens with two attached hydrogens (primary N) is 1. The van der Waals surface area contributed by atoms with E-state index >= 15 is 0 Å². The van der Waals surface area contributed by atoms with E-state index in [0.29, 0.717) is 5.95 Å². The second-order valence-corrected chi connectivity index (χ2v) is 5.53. The first-order chi connectivity index (χ1) is 7.15. The zero-order chi connectivity index (χ0) is 10.8. The molecule has 0 fully saturated rings. The zero-order valence-corrected chi connectivity index (χ0v) is 10.4. The summed E-state index contributed by atoms with van der Waals surface area (Å²) >= 11 is 8.71. The van der Waals surface area contributed by atoms with Crippen LogP contribution < -0.4 is 10.6 Å². The van der Waals surface area contributed by atoms with Crippen LogP contribution in [0.5, 0.6) is 0 Å². The maximum Gasteiger partial charge on any atom is 0.233 e. The molecule has 0 radical (unpaired) electrons. The Kier molecular flexibility index (Phi) is 3.08. The molecule has 2 heterocycles. The fraction of sp³-hybridized carbons (Fsp3) is 0.250. The van der Waals surface area contributed by atoms with Crippen molar-refractivity contribution < 1.29 is 0 Å². The van der Waals surface area contributed by atoms with Crippen LogP contribution in [0.25, 0.3) is 0 Å². The normalized spacial score (nSPS) is 10.5. The molecule has 0 spiro atoms. The molecule has 2 aromatic heterocycles. The van der Waals surface area contributed by atoms with E-state index in [2.05, 4.69) is 9.36 Å². The highest BCUT2D eigenvalue weighted by molar-refractivity contribution is 7.16. The quantitative estimate of drug-likeness (QED) is 0.921. The molecule has 0 aliphatic heterocycles. The van der Waals surface area contributed by atoms with Gasteiger partial charge in [-0.2, -0.15) is 9.36 Å². The summed E-state index contributed by atoms with van der Waals surface area (Å²) in [4.78, 5) is 7.28. The van der Waals surface area contributed by atoms with Crippen LogP contribution in [-0.2, 0) is 6.54 Å². The summed E-state index contributed by atoms with van der Waals surface area (Å²) in [5.74, 6) is 0.325. The van der Waals surface area contributed by atoms with E-state index in [1.54, 1.807) is 11.3 Å². The van der Waals surface area contributed by atoms with Gasteiger partial charge in [-0.25, -0.2) is 0 Å². The summed E-state index contributed by atoms with van der Waals surface area (Å²) < 4.78 is 4.73. The van der Waals surface area contributed by atoms with E-state index in [1.807, 2.05) is 24.1 Å². The number of nitrogen functional groups attached to an aromatic ring is 1. The van der Waals surface area contributed by atoms with Gasteiger partial charge in [0.15, 0.2) is 0 Å². The van der Waals surface area contributed by atoms with Crippen LogP contribution in [0.2, 0.25) is 4.34 Å². The Morgan fingerprint density at radius 3 is 2.87 bits per heavy atom. The average molecular weight is 261 g/mol. The molecular weight excluding hydrogens is 252 g/mol. The number of hydrogen-bond donors (Lipinski definition) is 1. The minimum absolute atomic E-state index is 0.325. The zero-order valence-electron chi connectivity index (χ0n) is 7.98. The fourth-order valence-electron chi connectivity index (χ4n) is 1.12. The van der Waals surface area contributed by atoms with Gasteiger partial charge >= 0.3 is 0 Å². The van der Waals surface area contributed by atoms with Gasteiger partial charge in [-0.3, -0.25) is 0 Å². The summed E-state index contributed by atoms with van der Waals surface area (Å²) in [5, 5.41) is 0.817. The minimum atomic E-state index is 0.325. The minimum Gasteiger partial charge on any atom is -0.367 e. The number of halogens is 1. The van der Waals surface area contributed by atoms with Gasteiger partial charge < -0.3 is 10.6 Å². The molecule has 0 saturated carbocycles. The van der Waals surface area contributed by atoms with Crippen LogP contribution in [0.1, 0.15) is 4.88 Å². The predicted molar refractivity (Wildman–Crippen MR) is 65.8 cm³/mol. The van der Waals surface area contributed by atoms with E-state index in [0.717, 1.165) is 16.0 Å². The highest BCUT2D eigenvalue weighted by Gasteiger charge is 2.08. The molecule has 0 saturated heterocycles. The molecule has 2 aromatic rings. The third-order valence-electron chi connectivity index (χ3n) is 1.78. The van der Waals surface area contributed by atoms with Gasteiger partial charge in [0.2, 0.25) is 11.1 Å². The molecular formula is C8H9ClN4S2. The van der Waals surface area contributed by atoms with Gasteiger partial charge in [0, 0.05) is 23.5 Å². The molecule has 4 nitrogen and oxygen atoms in total. The molecule has 0 unspecified atom stereocenters. The van der Waals surface area contributed by atoms with Crippen molar-refractivity contribution in [2.45, 2.75) is 6.54 Å². The molecule has 7 heteroatoms. The van der Waals surface area contributed by atoms with E-state index in [1.165, 1.54) is 16.4 Å². The van der Waals surface area contributed by atoms with Gasteiger partial charge in [0.1, 0.15) is 0 Å². The highest BCUT2D eigenvalue weighted by atomic mass is 35.5. The number of rotatable bonds is 3. The highest BCUT2D eigenvalue weighted by Crippen LogP contribution is 2.25. The largest absolute Gasteiger partial charge is 0.367 e. The number of thiophene rings is 1. The van der Waals surface area contributed by atoms with Crippen LogP contribution in [0.3, 0.4) is 0 Å². The Bertz CT molecular complexity index is 453. The third-order valence-corrected chi connectivity index (χ3v) is 3.84. The molecule has 80 valence electrons. The van der Waals surface area contributed by atoms with Crippen LogP contribution in [0.15, 0.2) is 12.1 Å². The summed E-state index contributed by atoms with van der Waals surface area (Å²) in [7, 11) is 1.95. The van der Waals surface area contributed by atoms with Crippen molar-refractivity contribution in [1.29, 1.82) is 0 Å². The van der Waals surface area contributed by atoms with Gasteiger partial charge in [-0.05, 0) is 12.1 Å². The summed E-state index contributed by atoms with van der Waals surface area (Å²) in [6.07, 6.45) is 0. The second-order valence-electron chi connectivity index (χ2n) is 3.00. The Hall–Kier alpha value is -0.850. The van der Waals surface area contributed by atoms with Crippen molar-refractivity contribution in [2.24, 2.45) is 0 Å². The van der Waals surface area contributed by atoms with E-state index in [4.69, 9.17) is 17.3 Å². The predicted octanol–water partition coefficient (Wildman–Crippen LogP) is 2.47. The smallest absolute Gasteiger partial charge is 0.233 e. The van der Waals surface area contributed by atoms with Crippen LogP contribution >= 0.6 is 34.5 Å². The lowest BCUT2D eigenvalue weighted by Gasteiger charge is -2.12. The van der Waals surface area contributed by atoms with Gasteiger partial charge in [0.05, 0.1) is 10.9 Å². The molecule has 0 atom stereocenters. The molecule has 15 heavy (non-hydrogen) atoms. The van der Waals surface area contributed by atoms with Crippen molar-refractivity contribution in [3.05, 3.63) is 21.3 Å². The van der Waals surface area contributed by atoms with Crippen molar-refractivity contribution in [3.8, 4) is 0 Å². The lowest BCUT2D eigenvalue weighted by atomic mass is 10.4. The number of hydrogen-bond acceptors (Lipinski definition) is 6. The Morgan fingerprint density at radius 2 is 2.33 bits per heavy atom. The monoisotopic (exact) mass is 260 g/mol. The van der Waals surface area contributed by atoms with Gasteiger partial charge in [0.25, 0.3) is 0 Å². The average Bonchev–Trinajstić information content (AvgIpc) is 2.75. The Balaban J connectivity index is 2.06. The fourth-order valence-corrected chi connectivity index (χ4v) is 2.81. The van der Waals surface area contributed by atoms with Crippen molar-refractivity contribution in [3.63, 3.8) is 0 Å². The SMILES string of the molecule is CN(Cc1ccc(Cl)s1)c1nc(N)ns1. The van der Waals surface area contributed by atoms with Crippen molar-refractivity contribution in [1.82, 2.24) is 9.36 Å². The van der Waals surface area contributed by atoms with Crippen molar-refractivity contribution >= 4 is 45.6 Å². The maximum absolute atomic E-state index is 5.85. The topological polar surface area (TPSA) is 55.0 Å². The molecule has 0 aliphatic rings. The summed E-state index contributed by atoms with van der Waals surface area (Å²) in [6, 6.07) is 3.90. The lowest BCUT2D eigenvalue weighted by molar-refractivity contribution is 0.931. The molecule has 0 amide bonds. The van der Waals surface area contributed by atoms with Gasteiger partial charge in [-0.15, -0.1) is 11.3 Å². The third kappa shape index (κ3) is 2.58. The summed E-state index contributed by atoms with van der Waals surface area (Å²) in [5.41, 5.74) is 5.46. The summed E-state index contributed by atoms with van der Waals surface area (Å²) in [6.45, 7) is 0.770. The van der Waals surface area contributed by atoms with Crippen LogP contribution in [0.4, 0.5) is 11.1 Å². The molecule has 2 N–H and O–H groups in total. The Labute approximate surface area is 100 Å². The number of aromatic nitrogens is 2. The molecule has 0 aromatic carbocycles. The van der Waals surface area contributed by atoms with E-state index in [9.17, 15) is 0 Å². The molecule has 0 bridgehead atoms. The van der Waals surface area contributed by atoms with E-state index in [-0.39, 0.29) is 0 Å². The number of nitrogens with zero attached hydrogens (tertiary/aromatic N) is 3. The van der Waals surface area contributed by atoms with E-state index < -0.39 is 0 Å². The number of anilines is 2. The lowest BCUT2D eigenvalue weighted by Crippen LogP contribution is -2.15. The van der Waals surface area contributed by atoms with Crippen LogP contribution in [0, 0.1) is 0 Å². The first-order valence-corrected chi connectivity index (χ1v) is 6.16. The Morgan fingerprint density at radius 1 is 1.53 bits per heavy atom. The second kappa shape index (κ2) is 4.34. The first-order valence-electron chi connectivity index (χ1n) is 4.19. The van der Waals surface area contributed by atoms with Crippen LogP contribution in [-0.4, -0.2) is 16.4 Å². The van der Waals surface area contributed by atoms with Crippen molar-refractivity contribution in [2.75, 3.05) is 17.7 Å².